The van der Waals surface area contributed by atoms with Crippen LogP contribution in [0.15, 0.2) is 194 Å². The second-order valence-corrected chi connectivity index (χ2v) is 19.9. The van der Waals surface area contributed by atoms with E-state index in [0.717, 1.165) is 84.3 Å². The van der Waals surface area contributed by atoms with E-state index in [9.17, 15) is 0 Å². The first-order chi connectivity index (χ1) is 32.9. The summed E-state index contributed by atoms with van der Waals surface area (Å²) in [4.78, 5) is 4.96. The zero-order valence-electron chi connectivity index (χ0n) is 39.7. The van der Waals surface area contributed by atoms with E-state index in [4.69, 9.17) is 9.72 Å². The fraction of sp³-hybridized carbons (Fsp3) is 0.143. The van der Waals surface area contributed by atoms with Gasteiger partial charge in [0.15, 0.2) is 0 Å². The van der Waals surface area contributed by atoms with Crippen molar-refractivity contribution in [2.45, 2.75) is 53.4 Å². The maximum Gasteiger partial charge on any atom is 0.268 e. The normalized spacial score (nSPS) is 11.9. The molecule has 0 amide bonds. The van der Waals surface area contributed by atoms with Gasteiger partial charge in [0.25, 0.3) is 6.33 Å². The van der Waals surface area contributed by atoms with Gasteiger partial charge in [-0.2, -0.15) is 18.2 Å². The summed E-state index contributed by atoms with van der Waals surface area (Å²) in [6.45, 7) is 13.6. The zero-order chi connectivity index (χ0) is 46.6. The van der Waals surface area contributed by atoms with Crippen molar-refractivity contribution in [1.82, 2.24) is 14.1 Å². The molecular formula is C63H52N4OPt-2. The van der Waals surface area contributed by atoms with Gasteiger partial charge in [-0.15, -0.1) is 29.7 Å². The van der Waals surface area contributed by atoms with Crippen molar-refractivity contribution in [2.24, 2.45) is 5.41 Å². The SMILES string of the molecule is CC(C)(C)Cc1ccc(-c2ccc3c(c2)c2ccc(Oc4[c-]c(-n5[c-][n+](-c6c(-c7ccccc7)cccc6-c6ccccc6)c6ccccc65)ccc4)[c-]c2n3-c2cc(C(C)(C)C)ccn2)cc1.[Pt]. The summed E-state index contributed by atoms with van der Waals surface area (Å²) in [5.74, 6) is 1.99. The number of imidazole rings is 1. The summed E-state index contributed by atoms with van der Waals surface area (Å²) >= 11 is 0. The molecule has 8 aromatic carbocycles. The molecule has 5 nitrogen and oxygen atoms in total. The Balaban J connectivity index is 0.00000553. The van der Waals surface area contributed by atoms with Gasteiger partial charge in [-0.25, -0.2) is 4.98 Å². The van der Waals surface area contributed by atoms with Gasteiger partial charge in [0.2, 0.25) is 0 Å². The van der Waals surface area contributed by atoms with E-state index >= 15 is 0 Å². The first-order valence-corrected chi connectivity index (χ1v) is 23.4. The van der Waals surface area contributed by atoms with Crippen molar-refractivity contribution >= 4 is 32.8 Å². The van der Waals surface area contributed by atoms with Crippen LogP contribution in [0.3, 0.4) is 0 Å². The van der Waals surface area contributed by atoms with E-state index < -0.39 is 0 Å². The molecule has 0 saturated carbocycles. The number of nitrogens with zero attached hydrogens (tertiary/aromatic N) is 4. The molecule has 0 N–H and O–H groups in total. The van der Waals surface area contributed by atoms with Crippen LogP contribution in [0.1, 0.15) is 52.7 Å². The van der Waals surface area contributed by atoms with Gasteiger partial charge in [-0.05, 0) is 91.0 Å². The predicted molar refractivity (Wildman–Crippen MR) is 278 cm³/mol. The molecular weight excluding hydrogens is 1020 g/mol. The second-order valence-electron chi connectivity index (χ2n) is 19.9. The van der Waals surface area contributed by atoms with Crippen LogP contribution < -0.4 is 9.30 Å². The summed E-state index contributed by atoms with van der Waals surface area (Å²) in [7, 11) is 0. The Morgan fingerprint density at radius 1 is 0.551 bits per heavy atom. The zero-order valence-corrected chi connectivity index (χ0v) is 42.0. The van der Waals surface area contributed by atoms with E-state index in [2.05, 4.69) is 244 Å². The molecule has 0 aliphatic carbocycles. The predicted octanol–water partition coefficient (Wildman–Crippen LogP) is 15.5. The van der Waals surface area contributed by atoms with Crippen molar-refractivity contribution in [3.05, 3.63) is 224 Å². The topological polar surface area (TPSA) is 35.9 Å². The number of ether oxygens (including phenoxy) is 1. The van der Waals surface area contributed by atoms with Crippen LogP contribution in [0.2, 0.25) is 0 Å². The first kappa shape index (κ1) is 45.5. The summed E-state index contributed by atoms with van der Waals surface area (Å²) in [6, 6.07) is 73.7. The summed E-state index contributed by atoms with van der Waals surface area (Å²) < 4.78 is 13.2. The molecule has 342 valence electrons. The Labute approximate surface area is 419 Å². The van der Waals surface area contributed by atoms with Crippen LogP contribution >= 0.6 is 0 Å². The second kappa shape index (κ2) is 18.3. The van der Waals surface area contributed by atoms with Crippen LogP contribution in [0.25, 0.3) is 83.4 Å². The molecule has 3 heterocycles. The Hall–Kier alpha value is -7.33. The largest absolute Gasteiger partial charge is 0.510 e. The number of aromatic nitrogens is 4. The van der Waals surface area contributed by atoms with E-state index in [1.54, 1.807) is 0 Å². The van der Waals surface area contributed by atoms with Crippen LogP contribution in [0, 0.1) is 23.9 Å². The van der Waals surface area contributed by atoms with E-state index in [0.29, 0.717) is 11.5 Å². The van der Waals surface area contributed by atoms with Gasteiger partial charge in [-0.1, -0.05) is 187 Å². The third kappa shape index (κ3) is 8.96. The Kier molecular flexibility index (Phi) is 12.0. The Bertz CT molecular complexity index is 3570. The minimum Gasteiger partial charge on any atom is -0.510 e. The first-order valence-electron chi connectivity index (χ1n) is 23.4. The molecule has 0 fully saturated rings. The van der Waals surface area contributed by atoms with Gasteiger partial charge >= 0.3 is 0 Å². The smallest absolute Gasteiger partial charge is 0.268 e. The van der Waals surface area contributed by atoms with Crippen molar-refractivity contribution < 1.29 is 30.4 Å². The van der Waals surface area contributed by atoms with Crippen molar-refractivity contribution in [3.63, 3.8) is 0 Å². The fourth-order valence-corrected chi connectivity index (χ4v) is 9.47. The van der Waals surface area contributed by atoms with Crippen LogP contribution in [0.5, 0.6) is 11.5 Å². The molecule has 0 aliphatic heterocycles. The average molecular weight is 1080 g/mol. The molecule has 0 spiro atoms. The minimum atomic E-state index is -0.0567. The molecule has 0 radical (unpaired) electrons. The molecule has 0 saturated heterocycles. The van der Waals surface area contributed by atoms with Crippen LogP contribution in [-0.2, 0) is 32.9 Å². The van der Waals surface area contributed by atoms with Gasteiger partial charge in [-0.3, -0.25) is 4.57 Å². The van der Waals surface area contributed by atoms with Gasteiger partial charge in [0, 0.05) is 44.3 Å². The maximum atomic E-state index is 6.73. The van der Waals surface area contributed by atoms with Gasteiger partial charge in [0.1, 0.15) is 5.82 Å². The number of pyridine rings is 1. The van der Waals surface area contributed by atoms with E-state index in [1.807, 2.05) is 24.4 Å². The van der Waals surface area contributed by atoms with Crippen LogP contribution in [-0.4, -0.2) is 14.1 Å². The molecule has 3 aromatic heterocycles. The molecule has 69 heavy (non-hydrogen) atoms. The van der Waals surface area contributed by atoms with E-state index in [-0.39, 0.29) is 31.9 Å². The molecule has 6 heteroatoms. The molecule has 0 bridgehead atoms. The molecule has 11 aromatic rings. The Morgan fingerprint density at radius 2 is 1.20 bits per heavy atom. The third-order valence-corrected chi connectivity index (χ3v) is 12.7. The molecule has 0 atom stereocenters. The van der Waals surface area contributed by atoms with Gasteiger partial charge in [0.05, 0.1) is 16.7 Å². The van der Waals surface area contributed by atoms with E-state index in [1.165, 1.54) is 16.7 Å². The number of hydrogen-bond donors (Lipinski definition) is 0. The van der Waals surface area contributed by atoms with Gasteiger partial charge < -0.3 is 13.9 Å². The quantitative estimate of drug-likeness (QED) is 0.107. The number of fused-ring (bicyclic) bond motifs is 4. The third-order valence-electron chi connectivity index (χ3n) is 12.7. The summed E-state index contributed by atoms with van der Waals surface area (Å²) in [5, 5.41) is 2.20. The number of benzene rings is 8. The fourth-order valence-electron chi connectivity index (χ4n) is 9.47. The van der Waals surface area contributed by atoms with Crippen molar-refractivity contribution in [3.8, 4) is 62.1 Å². The van der Waals surface area contributed by atoms with Crippen LogP contribution in [0.4, 0.5) is 0 Å². The summed E-state index contributed by atoms with van der Waals surface area (Å²) in [5.41, 5.74) is 15.4. The molecule has 0 unspecified atom stereocenters. The maximum absolute atomic E-state index is 6.73. The number of rotatable bonds is 9. The number of hydrogen-bond acceptors (Lipinski definition) is 2. The summed E-state index contributed by atoms with van der Waals surface area (Å²) in [6.07, 6.45) is 6.72. The Morgan fingerprint density at radius 3 is 1.90 bits per heavy atom. The van der Waals surface area contributed by atoms with Crippen molar-refractivity contribution in [1.29, 1.82) is 0 Å². The molecule has 0 aliphatic rings. The molecule has 11 rings (SSSR count). The monoisotopic (exact) mass is 1080 g/mol. The average Bonchev–Trinajstić information content (AvgIpc) is 3.89. The van der Waals surface area contributed by atoms with Crippen molar-refractivity contribution in [2.75, 3.05) is 0 Å². The minimum absolute atomic E-state index is 0. The standard InChI is InChI=1S/C63H52N4O.Pt/c1-62(2,3)41-43-27-29-44(30-28-43)47-31-34-56-55(37-47)54-33-32-51(40-59(54)67(56)60-38-48(35-36-64-60)63(4,5)6)68-50-22-15-21-49(39-50)65-42-66(58-26-14-13-25-57(58)65)61-52(45-17-9-7-10-18-45)23-16-24-53(61)46-19-11-8-12-20-46;/h7-38H,41H2,1-6H3;/q-2;. The number of para-hydroxylation sites is 3.